The van der Waals surface area contributed by atoms with Crippen LogP contribution in [-0.4, -0.2) is 96.7 Å². The standard InChI is InChI=1S/C79H154O17P2/c1-5-9-13-17-21-25-29-33-36-37-38-39-42-46-50-54-58-62-66-79(84)96-75(70-90-77(82)64-60-56-52-48-44-40-34-30-26-22-18-14-10-6-2)72-94-98(87,88)92-68-73(80)67-91-97(85,86)93-71-74(69-89-76(81)63-59-55-51-47-43-32-28-24-20-16-12-8-4)95-78(83)65-61-57-53-49-45-41-35-31-27-23-19-15-11-7-3/h73-75,80H,5-72H2,1-4H3,(H,85,86)(H,87,88)/t73-,74+,75+/m0/s1. The van der Waals surface area contributed by atoms with Gasteiger partial charge in [-0.05, 0) is 25.7 Å². The van der Waals surface area contributed by atoms with Gasteiger partial charge in [0, 0.05) is 25.7 Å². The van der Waals surface area contributed by atoms with Crippen LogP contribution in [0.15, 0.2) is 0 Å². The van der Waals surface area contributed by atoms with Gasteiger partial charge in [-0.3, -0.25) is 37.3 Å². The quantitative estimate of drug-likeness (QED) is 0.0222. The van der Waals surface area contributed by atoms with Crippen LogP contribution >= 0.6 is 15.6 Å². The molecule has 0 aliphatic carbocycles. The van der Waals surface area contributed by atoms with E-state index < -0.39 is 97.5 Å². The zero-order chi connectivity index (χ0) is 71.8. The fraction of sp³-hybridized carbons (Fsp3) is 0.949. The van der Waals surface area contributed by atoms with Crippen LogP contribution in [0.2, 0.25) is 0 Å². The van der Waals surface area contributed by atoms with Crippen molar-refractivity contribution in [2.45, 2.75) is 444 Å². The molecular weight excluding hydrogens is 1280 g/mol. The molecule has 98 heavy (non-hydrogen) atoms. The molecule has 0 fully saturated rings. The molecule has 0 rings (SSSR count). The molecule has 19 heteroatoms. The first kappa shape index (κ1) is 96.1. The lowest BCUT2D eigenvalue weighted by atomic mass is 10.0. The molecule has 17 nitrogen and oxygen atoms in total. The Labute approximate surface area is 600 Å². The van der Waals surface area contributed by atoms with Crippen LogP contribution in [0.25, 0.3) is 0 Å². The highest BCUT2D eigenvalue weighted by atomic mass is 31.2. The first-order valence-electron chi connectivity index (χ1n) is 41.3. The zero-order valence-electron chi connectivity index (χ0n) is 63.8. The highest BCUT2D eigenvalue weighted by Gasteiger charge is 2.30. The molecule has 0 spiro atoms. The molecule has 0 radical (unpaired) electrons. The van der Waals surface area contributed by atoms with Crippen LogP contribution < -0.4 is 0 Å². The van der Waals surface area contributed by atoms with Gasteiger partial charge in [0.05, 0.1) is 26.4 Å². The molecule has 0 bridgehead atoms. The van der Waals surface area contributed by atoms with Gasteiger partial charge in [0.2, 0.25) is 0 Å². The van der Waals surface area contributed by atoms with E-state index in [1.807, 2.05) is 0 Å². The van der Waals surface area contributed by atoms with Crippen molar-refractivity contribution in [1.82, 2.24) is 0 Å². The lowest BCUT2D eigenvalue weighted by Gasteiger charge is -2.21. The summed E-state index contributed by atoms with van der Waals surface area (Å²) >= 11 is 0. The summed E-state index contributed by atoms with van der Waals surface area (Å²) in [6, 6.07) is 0. The third-order valence-electron chi connectivity index (χ3n) is 18.6. The number of aliphatic hydroxyl groups excluding tert-OH is 1. The van der Waals surface area contributed by atoms with Crippen molar-refractivity contribution in [2.24, 2.45) is 0 Å². The van der Waals surface area contributed by atoms with Gasteiger partial charge in [-0.15, -0.1) is 0 Å². The summed E-state index contributed by atoms with van der Waals surface area (Å²) < 4.78 is 68.7. The molecule has 5 atom stereocenters. The number of aliphatic hydroxyl groups is 1. The third kappa shape index (κ3) is 72.4. The topological polar surface area (TPSA) is 237 Å². The number of carbonyl (C=O) groups excluding carboxylic acids is 4. The fourth-order valence-electron chi connectivity index (χ4n) is 12.3. The minimum Gasteiger partial charge on any atom is -0.462 e. The molecule has 0 aromatic heterocycles. The Morgan fingerprint density at radius 2 is 0.408 bits per heavy atom. The van der Waals surface area contributed by atoms with Crippen LogP contribution in [0.1, 0.15) is 426 Å². The van der Waals surface area contributed by atoms with Crippen molar-refractivity contribution in [3.05, 3.63) is 0 Å². The number of hydrogen-bond donors (Lipinski definition) is 3. The van der Waals surface area contributed by atoms with E-state index in [0.717, 1.165) is 89.9 Å². The highest BCUT2D eigenvalue weighted by Crippen LogP contribution is 2.45. The fourth-order valence-corrected chi connectivity index (χ4v) is 13.9. The highest BCUT2D eigenvalue weighted by molar-refractivity contribution is 7.47. The van der Waals surface area contributed by atoms with Gasteiger partial charge in [-0.25, -0.2) is 9.13 Å². The summed E-state index contributed by atoms with van der Waals surface area (Å²) in [4.78, 5) is 73.0. The predicted octanol–water partition coefficient (Wildman–Crippen LogP) is 23.8. The van der Waals surface area contributed by atoms with Crippen molar-refractivity contribution in [3.8, 4) is 0 Å². The van der Waals surface area contributed by atoms with Crippen LogP contribution in [0.5, 0.6) is 0 Å². The lowest BCUT2D eigenvalue weighted by molar-refractivity contribution is -0.161. The van der Waals surface area contributed by atoms with Crippen molar-refractivity contribution < 1.29 is 80.2 Å². The molecule has 0 amide bonds. The molecule has 0 aliphatic rings. The van der Waals surface area contributed by atoms with Crippen LogP contribution in [-0.2, 0) is 65.4 Å². The summed E-state index contributed by atoms with van der Waals surface area (Å²) in [5.41, 5.74) is 0. The Morgan fingerprint density at radius 3 is 0.602 bits per heavy atom. The van der Waals surface area contributed by atoms with E-state index in [1.165, 1.54) is 257 Å². The lowest BCUT2D eigenvalue weighted by Crippen LogP contribution is -2.30. The van der Waals surface area contributed by atoms with Gasteiger partial charge < -0.3 is 33.8 Å². The van der Waals surface area contributed by atoms with Gasteiger partial charge in [0.15, 0.2) is 12.2 Å². The van der Waals surface area contributed by atoms with E-state index in [-0.39, 0.29) is 25.7 Å². The van der Waals surface area contributed by atoms with E-state index >= 15 is 0 Å². The van der Waals surface area contributed by atoms with Gasteiger partial charge in [-0.1, -0.05) is 374 Å². The summed E-state index contributed by atoms with van der Waals surface area (Å²) in [6.07, 6.45) is 65.0. The molecular formula is C79H154O17P2. The van der Waals surface area contributed by atoms with E-state index in [1.54, 1.807) is 0 Å². The molecule has 0 heterocycles. The summed E-state index contributed by atoms with van der Waals surface area (Å²) in [5, 5.41) is 10.6. The first-order chi connectivity index (χ1) is 47.7. The van der Waals surface area contributed by atoms with E-state index in [0.29, 0.717) is 25.7 Å². The summed E-state index contributed by atoms with van der Waals surface area (Å²) in [6.45, 7) is 5.02. The maximum atomic E-state index is 13.1. The van der Waals surface area contributed by atoms with Crippen molar-refractivity contribution in [3.63, 3.8) is 0 Å². The van der Waals surface area contributed by atoms with Crippen molar-refractivity contribution >= 4 is 39.5 Å². The number of hydrogen-bond acceptors (Lipinski definition) is 15. The molecule has 3 N–H and O–H groups in total. The molecule has 0 saturated carbocycles. The van der Waals surface area contributed by atoms with Gasteiger partial charge in [0.1, 0.15) is 19.3 Å². The van der Waals surface area contributed by atoms with Gasteiger partial charge >= 0.3 is 39.5 Å². The summed E-state index contributed by atoms with van der Waals surface area (Å²) in [5.74, 6) is -2.10. The minimum atomic E-state index is -4.96. The average Bonchev–Trinajstić information content (AvgIpc) is 1.02. The second kappa shape index (κ2) is 73.4. The number of phosphoric ester groups is 2. The number of phosphoric acid groups is 2. The summed E-state index contributed by atoms with van der Waals surface area (Å²) in [7, 11) is -9.91. The zero-order valence-corrected chi connectivity index (χ0v) is 65.6. The number of unbranched alkanes of at least 4 members (excludes halogenated alkanes) is 54. The number of ether oxygens (including phenoxy) is 4. The molecule has 0 aromatic carbocycles. The maximum absolute atomic E-state index is 13.1. The Hall–Kier alpha value is -1.94. The molecule has 0 aromatic rings. The number of rotatable bonds is 80. The molecule has 582 valence electrons. The monoisotopic (exact) mass is 1440 g/mol. The van der Waals surface area contributed by atoms with Gasteiger partial charge in [-0.2, -0.15) is 0 Å². The smallest absolute Gasteiger partial charge is 0.462 e. The molecule has 0 aliphatic heterocycles. The Bertz CT molecular complexity index is 1860. The van der Waals surface area contributed by atoms with Crippen LogP contribution in [0.3, 0.4) is 0 Å². The second-order valence-electron chi connectivity index (χ2n) is 28.5. The molecule has 2 unspecified atom stereocenters. The average molecular weight is 1440 g/mol. The Morgan fingerprint density at radius 1 is 0.245 bits per heavy atom. The number of carbonyl (C=O) groups is 4. The molecule has 0 saturated heterocycles. The minimum absolute atomic E-state index is 0.109. The Balaban J connectivity index is 5.25. The predicted molar refractivity (Wildman–Crippen MR) is 400 cm³/mol. The largest absolute Gasteiger partial charge is 0.472 e. The van der Waals surface area contributed by atoms with E-state index in [9.17, 15) is 43.2 Å². The first-order valence-corrected chi connectivity index (χ1v) is 44.3. The third-order valence-corrected chi connectivity index (χ3v) is 20.5. The second-order valence-corrected chi connectivity index (χ2v) is 31.4. The van der Waals surface area contributed by atoms with E-state index in [4.69, 9.17) is 37.0 Å². The van der Waals surface area contributed by atoms with Crippen molar-refractivity contribution in [2.75, 3.05) is 39.6 Å². The normalized spacial score (nSPS) is 13.8. The van der Waals surface area contributed by atoms with Crippen LogP contribution in [0.4, 0.5) is 0 Å². The Kier molecular flexibility index (Phi) is 71.9. The van der Waals surface area contributed by atoms with Crippen molar-refractivity contribution in [1.29, 1.82) is 0 Å². The SMILES string of the molecule is CCCCCCCCCCCCCCCCCCCCC(=O)O[C@H](COC(=O)CCCCCCCCCCCCCCCC)COP(=O)(O)OC[C@@H](O)COP(=O)(O)OC[C@@H](COC(=O)CCCCCCCCCCCCCC)OC(=O)CCCCCCCCCCCCCCCC. The van der Waals surface area contributed by atoms with Crippen LogP contribution in [0, 0.1) is 0 Å². The van der Waals surface area contributed by atoms with Gasteiger partial charge in [0.25, 0.3) is 0 Å². The number of esters is 4. The maximum Gasteiger partial charge on any atom is 0.472 e. The van der Waals surface area contributed by atoms with E-state index in [2.05, 4.69) is 27.7 Å².